The lowest BCUT2D eigenvalue weighted by Crippen LogP contribution is -2.40. The average molecular weight is 405 g/mol. The van der Waals surface area contributed by atoms with E-state index in [0.29, 0.717) is 40.7 Å². The number of nitrogens with one attached hydrogen (secondary N) is 1. The van der Waals surface area contributed by atoms with Gasteiger partial charge in [-0.3, -0.25) is 9.59 Å². The highest BCUT2D eigenvalue weighted by atomic mass is 16.5. The second-order valence-corrected chi connectivity index (χ2v) is 7.48. The molecule has 1 aliphatic rings. The molecule has 1 amide bonds. The van der Waals surface area contributed by atoms with Crippen LogP contribution in [0.2, 0.25) is 0 Å². The number of anilines is 1. The van der Waals surface area contributed by atoms with Gasteiger partial charge in [0.15, 0.2) is 5.78 Å². The molecule has 7 nitrogen and oxygen atoms in total. The molecule has 0 fully saturated rings. The van der Waals surface area contributed by atoms with Crippen molar-refractivity contribution in [2.45, 2.75) is 45.6 Å². The Morgan fingerprint density at radius 1 is 1.10 bits per heavy atom. The van der Waals surface area contributed by atoms with Gasteiger partial charge >= 0.3 is 0 Å². The Hall–Kier alpha value is -3.48. The number of hydrogen-bond donors (Lipinski definition) is 1. The number of benzene rings is 2. The number of ketones is 1. The fourth-order valence-electron chi connectivity index (χ4n) is 3.64. The van der Waals surface area contributed by atoms with Crippen LogP contribution in [0.4, 0.5) is 5.69 Å². The first-order valence-electron chi connectivity index (χ1n) is 10.0. The van der Waals surface area contributed by atoms with Gasteiger partial charge in [0.05, 0.1) is 12.0 Å². The van der Waals surface area contributed by atoms with E-state index in [1.165, 1.54) is 6.92 Å². The zero-order chi connectivity index (χ0) is 21.3. The van der Waals surface area contributed by atoms with Gasteiger partial charge in [-0.05, 0) is 55.3 Å². The highest BCUT2D eigenvalue weighted by molar-refractivity contribution is 6.01. The van der Waals surface area contributed by atoms with Crippen LogP contribution in [0.5, 0.6) is 5.75 Å². The van der Waals surface area contributed by atoms with E-state index in [1.54, 1.807) is 36.4 Å². The topological polar surface area (TPSA) is 94.3 Å². The van der Waals surface area contributed by atoms with Gasteiger partial charge < -0.3 is 14.6 Å². The van der Waals surface area contributed by atoms with Crippen molar-refractivity contribution in [1.29, 1.82) is 0 Å². The van der Waals surface area contributed by atoms with Crippen LogP contribution < -0.4 is 10.1 Å². The first-order valence-corrected chi connectivity index (χ1v) is 10.0. The Bertz CT molecular complexity index is 1100. The van der Waals surface area contributed by atoms with Gasteiger partial charge in [-0.1, -0.05) is 19.0 Å². The minimum Gasteiger partial charge on any atom is -0.486 e. The van der Waals surface area contributed by atoms with E-state index in [9.17, 15) is 9.59 Å². The number of carbonyl (C=O) groups is 2. The van der Waals surface area contributed by atoms with Crippen molar-refractivity contribution in [3.63, 3.8) is 0 Å². The summed E-state index contributed by atoms with van der Waals surface area (Å²) < 4.78 is 11.6. The number of amides is 1. The molecule has 0 spiro atoms. The minimum atomic E-state index is -0.424. The summed E-state index contributed by atoms with van der Waals surface area (Å²) in [7, 11) is 0. The van der Waals surface area contributed by atoms with Crippen LogP contribution in [0.1, 0.15) is 50.4 Å². The third kappa shape index (κ3) is 3.70. The molecular weight excluding hydrogens is 382 g/mol. The van der Waals surface area contributed by atoms with Crippen molar-refractivity contribution < 1.29 is 18.8 Å². The molecule has 3 aromatic rings. The molecule has 0 aliphatic carbocycles. The highest BCUT2D eigenvalue weighted by Crippen LogP contribution is 2.39. The SMILES string of the molecule is CCC1(CC)CC(=O)c2cc(-c3nc(-c4ccc(NC(C)=O)cc4)no3)ccc2O1. The molecule has 1 aliphatic heterocycles. The Kier molecular flexibility index (Phi) is 5.11. The molecule has 0 bridgehead atoms. The number of rotatable bonds is 5. The molecule has 1 aromatic heterocycles. The van der Waals surface area contributed by atoms with Gasteiger partial charge in [-0.25, -0.2) is 0 Å². The molecule has 0 saturated carbocycles. The summed E-state index contributed by atoms with van der Waals surface area (Å²) in [6, 6.07) is 12.5. The summed E-state index contributed by atoms with van der Waals surface area (Å²) in [5.41, 5.74) is 2.24. The fourth-order valence-corrected chi connectivity index (χ4v) is 3.64. The molecule has 7 heteroatoms. The molecule has 0 radical (unpaired) electrons. The number of hydrogen-bond acceptors (Lipinski definition) is 6. The Balaban J connectivity index is 1.59. The van der Waals surface area contributed by atoms with E-state index in [0.717, 1.165) is 18.4 Å². The van der Waals surface area contributed by atoms with Crippen LogP contribution in [0, 0.1) is 0 Å². The Labute approximate surface area is 174 Å². The molecular formula is C23H23N3O4. The number of carbonyl (C=O) groups excluding carboxylic acids is 2. The third-order valence-electron chi connectivity index (χ3n) is 5.51. The van der Waals surface area contributed by atoms with Crippen LogP contribution in [0.25, 0.3) is 22.8 Å². The quantitative estimate of drug-likeness (QED) is 0.650. The molecule has 0 saturated heterocycles. The average Bonchev–Trinajstić information content (AvgIpc) is 3.24. The van der Waals surface area contributed by atoms with Gasteiger partial charge in [-0.15, -0.1) is 0 Å². The number of fused-ring (bicyclic) bond motifs is 1. The summed E-state index contributed by atoms with van der Waals surface area (Å²) in [5, 5.41) is 6.76. The smallest absolute Gasteiger partial charge is 0.258 e. The molecule has 1 N–H and O–H groups in total. The first-order chi connectivity index (χ1) is 14.4. The second-order valence-electron chi connectivity index (χ2n) is 7.48. The van der Waals surface area contributed by atoms with Crippen molar-refractivity contribution in [2.75, 3.05) is 5.32 Å². The third-order valence-corrected chi connectivity index (χ3v) is 5.51. The lowest BCUT2D eigenvalue weighted by Gasteiger charge is -2.36. The zero-order valence-corrected chi connectivity index (χ0v) is 17.2. The van der Waals surface area contributed by atoms with Gasteiger partial charge in [0.25, 0.3) is 5.89 Å². The molecule has 2 aromatic carbocycles. The first kappa shape index (κ1) is 19.8. The molecule has 0 unspecified atom stereocenters. The summed E-state index contributed by atoms with van der Waals surface area (Å²) in [6.07, 6.45) is 1.93. The number of aromatic nitrogens is 2. The van der Waals surface area contributed by atoms with E-state index in [-0.39, 0.29) is 11.7 Å². The summed E-state index contributed by atoms with van der Waals surface area (Å²) in [5.74, 6) is 1.29. The van der Waals surface area contributed by atoms with E-state index in [2.05, 4.69) is 15.5 Å². The predicted octanol–water partition coefficient (Wildman–Crippen LogP) is 4.89. The normalized spacial score (nSPS) is 14.7. The largest absolute Gasteiger partial charge is 0.486 e. The number of ether oxygens (including phenoxy) is 1. The van der Waals surface area contributed by atoms with Crippen molar-refractivity contribution in [2.24, 2.45) is 0 Å². The molecule has 4 rings (SSSR count). The van der Waals surface area contributed by atoms with Crippen molar-refractivity contribution in [3.8, 4) is 28.6 Å². The van der Waals surface area contributed by atoms with Crippen LogP contribution in [-0.4, -0.2) is 27.4 Å². The maximum Gasteiger partial charge on any atom is 0.258 e. The van der Waals surface area contributed by atoms with E-state index >= 15 is 0 Å². The summed E-state index contributed by atoms with van der Waals surface area (Å²) in [6.45, 7) is 5.54. The Morgan fingerprint density at radius 2 is 1.80 bits per heavy atom. The van der Waals surface area contributed by atoms with E-state index in [4.69, 9.17) is 9.26 Å². The lowest BCUT2D eigenvalue weighted by atomic mass is 9.85. The van der Waals surface area contributed by atoms with Crippen molar-refractivity contribution >= 4 is 17.4 Å². The molecule has 0 atom stereocenters. The van der Waals surface area contributed by atoms with E-state index < -0.39 is 5.60 Å². The van der Waals surface area contributed by atoms with Gasteiger partial charge in [-0.2, -0.15) is 4.98 Å². The van der Waals surface area contributed by atoms with Gasteiger partial charge in [0.2, 0.25) is 11.7 Å². The fraction of sp³-hybridized carbons (Fsp3) is 0.304. The monoisotopic (exact) mass is 405 g/mol. The molecule has 154 valence electrons. The second kappa shape index (κ2) is 7.74. The molecule has 30 heavy (non-hydrogen) atoms. The predicted molar refractivity (Wildman–Crippen MR) is 112 cm³/mol. The van der Waals surface area contributed by atoms with Crippen LogP contribution in [0.15, 0.2) is 47.0 Å². The lowest BCUT2D eigenvalue weighted by molar-refractivity contribution is -0.114. The zero-order valence-electron chi connectivity index (χ0n) is 17.2. The number of Topliss-reactive ketones (excluding diaryl/α,β-unsaturated/α-hetero) is 1. The highest BCUT2D eigenvalue weighted by Gasteiger charge is 2.37. The standard InChI is InChI=1S/C23H23N3O4/c1-4-23(5-2)13-19(28)18-12-16(8-11-20(18)29-23)22-25-21(26-30-22)15-6-9-17(10-7-15)24-14(3)27/h6-12H,4-5,13H2,1-3H3,(H,24,27). The van der Waals surface area contributed by atoms with Crippen LogP contribution in [-0.2, 0) is 4.79 Å². The summed E-state index contributed by atoms with van der Waals surface area (Å²) in [4.78, 5) is 28.4. The maximum absolute atomic E-state index is 12.8. The number of nitrogens with zero attached hydrogens (tertiary/aromatic N) is 2. The van der Waals surface area contributed by atoms with Gasteiger partial charge in [0, 0.05) is 23.7 Å². The minimum absolute atomic E-state index is 0.0649. The van der Waals surface area contributed by atoms with Crippen molar-refractivity contribution in [1.82, 2.24) is 10.1 Å². The Morgan fingerprint density at radius 3 is 2.47 bits per heavy atom. The van der Waals surface area contributed by atoms with Crippen molar-refractivity contribution in [3.05, 3.63) is 48.0 Å². The summed E-state index contributed by atoms with van der Waals surface area (Å²) >= 11 is 0. The van der Waals surface area contributed by atoms with Crippen LogP contribution in [0.3, 0.4) is 0 Å². The van der Waals surface area contributed by atoms with Gasteiger partial charge in [0.1, 0.15) is 11.4 Å². The van der Waals surface area contributed by atoms with Crippen LogP contribution >= 0.6 is 0 Å². The van der Waals surface area contributed by atoms with E-state index in [1.807, 2.05) is 19.9 Å². The molecule has 2 heterocycles. The maximum atomic E-state index is 12.8.